The lowest BCUT2D eigenvalue weighted by Crippen LogP contribution is -3.00. The van der Waals surface area contributed by atoms with Crippen LogP contribution >= 0.6 is 0 Å². The van der Waals surface area contributed by atoms with Gasteiger partial charge in [0.25, 0.3) is 5.82 Å². The van der Waals surface area contributed by atoms with Crippen molar-refractivity contribution >= 4 is 5.78 Å². The molecule has 1 aromatic carbocycles. The fraction of sp³-hybridized carbons (Fsp3) is 0.267. The van der Waals surface area contributed by atoms with Crippen molar-refractivity contribution in [1.82, 2.24) is 4.98 Å². The number of aryl methyl sites for hydroxylation is 3. The number of benzene rings is 1. The summed E-state index contributed by atoms with van der Waals surface area (Å²) >= 11 is 0. The van der Waals surface area contributed by atoms with E-state index in [9.17, 15) is 4.79 Å². The standard InChI is InChI=1S/C15H17N2O.BrH/c1-11-9-12(2)17(13(3)16-11)10-15(18)14-7-5-4-6-8-14;/h4-9H,10H2,1-3H3;1H/q+1;/p-1. The van der Waals surface area contributed by atoms with E-state index in [1.165, 1.54) is 0 Å². The number of hydrogen-bond acceptors (Lipinski definition) is 2. The lowest BCUT2D eigenvalue weighted by Gasteiger charge is -2.05. The molecular weight excluding hydrogens is 304 g/mol. The van der Waals surface area contributed by atoms with Crippen molar-refractivity contribution in [2.75, 3.05) is 0 Å². The molecule has 1 heterocycles. The molecule has 0 N–H and O–H groups in total. The molecule has 0 spiro atoms. The van der Waals surface area contributed by atoms with Crippen molar-refractivity contribution in [2.45, 2.75) is 27.3 Å². The Hall–Kier alpha value is -1.55. The summed E-state index contributed by atoms with van der Waals surface area (Å²) in [6.45, 7) is 6.23. The molecule has 1 aromatic heterocycles. The van der Waals surface area contributed by atoms with Gasteiger partial charge in [0.1, 0.15) is 5.69 Å². The summed E-state index contributed by atoms with van der Waals surface area (Å²) in [7, 11) is 0. The number of Topliss-reactive ketones (excluding diaryl/α,β-unsaturated/α-hetero) is 1. The molecule has 4 heteroatoms. The molecule has 0 amide bonds. The SMILES string of the molecule is Cc1cc(C)[n+](CC(=O)c2ccccc2)c(C)n1.[Br-]. The number of nitrogens with zero attached hydrogens (tertiary/aromatic N) is 2. The maximum absolute atomic E-state index is 12.2. The maximum atomic E-state index is 12.2. The van der Waals surface area contributed by atoms with Gasteiger partial charge in [-0.25, -0.2) is 4.57 Å². The molecule has 100 valence electrons. The van der Waals surface area contributed by atoms with E-state index >= 15 is 0 Å². The molecule has 0 saturated carbocycles. The molecule has 0 atom stereocenters. The zero-order chi connectivity index (χ0) is 13.1. The topological polar surface area (TPSA) is 33.8 Å². The van der Waals surface area contributed by atoms with Crippen LogP contribution in [0.3, 0.4) is 0 Å². The fourth-order valence-corrected chi connectivity index (χ4v) is 2.08. The van der Waals surface area contributed by atoms with Crippen molar-refractivity contribution < 1.29 is 26.3 Å². The lowest BCUT2D eigenvalue weighted by molar-refractivity contribution is -0.698. The minimum absolute atomic E-state index is 0. The van der Waals surface area contributed by atoms with Gasteiger partial charge in [-0.3, -0.25) is 4.79 Å². The monoisotopic (exact) mass is 320 g/mol. The van der Waals surface area contributed by atoms with Gasteiger partial charge >= 0.3 is 0 Å². The van der Waals surface area contributed by atoms with Gasteiger partial charge in [-0.05, 0) is 6.92 Å². The van der Waals surface area contributed by atoms with Crippen LogP contribution in [0, 0.1) is 20.8 Å². The number of rotatable bonds is 3. The van der Waals surface area contributed by atoms with Gasteiger partial charge in [0.15, 0.2) is 12.2 Å². The smallest absolute Gasteiger partial charge is 0.296 e. The summed E-state index contributed by atoms with van der Waals surface area (Å²) < 4.78 is 1.95. The number of aromatic nitrogens is 2. The Kier molecular flexibility index (Phi) is 5.36. The summed E-state index contributed by atoms with van der Waals surface area (Å²) in [6.07, 6.45) is 0. The minimum atomic E-state index is 0. The van der Waals surface area contributed by atoms with E-state index in [-0.39, 0.29) is 22.8 Å². The third kappa shape index (κ3) is 3.70. The zero-order valence-corrected chi connectivity index (χ0v) is 12.9. The first-order valence-electron chi connectivity index (χ1n) is 6.01. The summed E-state index contributed by atoms with van der Waals surface area (Å²) in [5.74, 6) is 0.981. The highest BCUT2D eigenvalue weighted by atomic mass is 79.9. The van der Waals surface area contributed by atoms with Gasteiger partial charge in [-0.15, -0.1) is 0 Å². The zero-order valence-electron chi connectivity index (χ0n) is 11.4. The van der Waals surface area contributed by atoms with Gasteiger partial charge in [-0.1, -0.05) is 35.3 Å². The van der Waals surface area contributed by atoms with E-state index in [2.05, 4.69) is 4.98 Å². The van der Waals surface area contributed by atoms with E-state index in [1.54, 1.807) is 0 Å². The predicted octanol–water partition coefficient (Wildman–Crippen LogP) is -0.819. The molecule has 0 bridgehead atoms. The van der Waals surface area contributed by atoms with Gasteiger partial charge in [0.05, 0.1) is 0 Å². The predicted molar refractivity (Wildman–Crippen MR) is 69.4 cm³/mol. The summed E-state index contributed by atoms with van der Waals surface area (Å²) in [6, 6.07) is 11.3. The quantitative estimate of drug-likeness (QED) is 0.547. The second-order valence-electron chi connectivity index (χ2n) is 4.46. The van der Waals surface area contributed by atoms with E-state index in [4.69, 9.17) is 0 Å². The van der Waals surface area contributed by atoms with Crippen molar-refractivity contribution in [3.05, 3.63) is 59.2 Å². The van der Waals surface area contributed by atoms with Gasteiger partial charge in [-0.2, -0.15) is 0 Å². The van der Waals surface area contributed by atoms with Crippen LogP contribution < -0.4 is 21.5 Å². The van der Waals surface area contributed by atoms with E-state index < -0.39 is 0 Å². The number of carbonyl (C=O) groups is 1. The second-order valence-corrected chi connectivity index (χ2v) is 4.46. The molecule has 0 saturated heterocycles. The average Bonchev–Trinajstić information content (AvgIpc) is 2.34. The van der Waals surface area contributed by atoms with Crippen LogP contribution in [0.2, 0.25) is 0 Å². The Balaban J connectivity index is 0.00000180. The molecule has 2 aromatic rings. The molecule has 0 radical (unpaired) electrons. The minimum Gasteiger partial charge on any atom is -1.00 e. The summed E-state index contributed by atoms with van der Waals surface area (Å²) in [5, 5.41) is 0. The molecular formula is C15H17BrN2O. The third-order valence-electron chi connectivity index (χ3n) is 2.97. The van der Waals surface area contributed by atoms with Crippen LogP contribution in [0.5, 0.6) is 0 Å². The maximum Gasteiger partial charge on any atom is 0.296 e. The third-order valence-corrected chi connectivity index (χ3v) is 2.97. The Morgan fingerprint density at radius 3 is 2.37 bits per heavy atom. The van der Waals surface area contributed by atoms with E-state index in [1.807, 2.05) is 61.7 Å². The second kappa shape index (κ2) is 6.57. The largest absolute Gasteiger partial charge is 1.00 e. The first kappa shape index (κ1) is 15.5. The highest BCUT2D eigenvalue weighted by Gasteiger charge is 2.16. The summed E-state index contributed by atoms with van der Waals surface area (Å²) in [5.41, 5.74) is 2.78. The average molecular weight is 321 g/mol. The Labute approximate surface area is 124 Å². The first-order chi connectivity index (χ1) is 8.58. The Morgan fingerprint density at radius 1 is 1.16 bits per heavy atom. The van der Waals surface area contributed by atoms with Crippen molar-refractivity contribution in [1.29, 1.82) is 0 Å². The van der Waals surface area contributed by atoms with Gasteiger partial charge in [0.2, 0.25) is 5.78 Å². The molecule has 19 heavy (non-hydrogen) atoms. The number of ketones is 1. The van der Waals surface area contributed by atoms with Crippen LogP contribution in [0.25, 0.3) is 0 Å². The van der Waals surface area contributed by atoms with Crippen LogP contribution in [0.15, 0.2) is 36.4 Å². The van der Waals surface area contributed by atoms with Crippen molar-refractivity contribution in [3.8, 4) is 0 Å². The fourth-order valence-electron chi connectivity index (χ4n) is 2.08. The van der Waals surface area contributed by atoms with Crippen molar-refractivity contribution in [2.24, 2.45) is 0 Å². The molecule has 0 aliphatic heterocycles. The van der Waals surface area contributed by atoms with Gasteiger partial charge in [0, 0.05) is 25.5 Å². The van der Waals surface area contributed by atoms with Crippen LogP contribution in [-0.2, 0) is 6.54 Å². The molecule has 0 aliphatic carbocycles. The highest BCUT2D eigenvalue weighted by molar-refractivity contribution is 5.94. The normalized spacial score (nSPS) is 9.84. The lowest BCUT2D eigenvalue weighted by atomic mass is 10.1. The van der Waals surface area contributed by atoms with Crippen LogP contribution in [0.4, 0.5) is 0 Å². The van der Waals surface area contributed by atoms with Crippen molar-refractivity contribution in [3.63, 3.8) is 0 Å². The molecule has 0 aliphatic rings. The van der Waals surface area contributed by atoms with Gasteiger partial charge < -0.3 is 17.0 Å². The summed E-state index contributed by atoms with van der Waals surface area (Å²) in [4.78, 5) is 16.5. The number of hydrogen-bond donors (Lipinski definition) is 0. The Bertz CT molecular complexity index is 559. The molecule has 2 rings (SSSR count). The van der Waals surface area contributed by atoms with Crippen LogP contribution in [0.1, 0.15) is 27.6 Å². The molecule has 3 nitrogen and oxygen atoms in total. The number of halogens is 1. The van der Waals surface area contributed by atoms with E-state index in [0.29, 0.717) is 6.54 Å². The highest BCUT2D eigenvalue weighted by Crippen LogP contribution is 2.02. The molecule has 0 unspecified atom stereocenters. The van der Waals surface area contributed by atoms with E-state index in [0.717, 1.165) is 22.8 Å². The number of carbonyl (C=O) groups excluding carboxylic acids is 1. The Morgan fingerprint density at radius 2 is 1.79 bits per heavy atom. The first-order valence-corrected chi connectivity index (χ1v) is 6.01. The van der Waals surface area contributed by atoms with Crippen LogP contribution in [-0.4, -0.2) is 10.8 Å². The molecule has 0 fully saturated rings.